The molecule has 2 aromatic rings. The van der Waals surface area contributed by atoms with Crippen molar-refractivity contribution in [2.45, 2.75) is 6.92 Å². The van der Waals surface area contributed by atoms with Crippen LogP contribution in [-0.2, 0) is 4.79 Å². The molecule has 0 N–H and O–H groups in total. The molecule has 100 valence electrons. The molecule has 0 saturated carbocycles. The number of pyridine rings is 1. The van der Waals surface area contributed by atoms with Crippen molar-refractivity contribution in [2.75, 3.05) is 0 Å². The van der Waals surface area contributed by atoms with Gasteiger partial charge in [0.15, 0.2) is 0 Å². The average molecular weight is 265 g/mol. The lowest BCUT2D eigenvalue weighted by atomic mass is 10.1. The van der Waals surface area contributed by atoms with E-state index in [0.29, 0.717) is 11.3 Å². The predicted molar refractivity (Wildman–Crippen MR) is 80.1 cm³/mol. The van der Waals surface area contributed by atoms with Crippen molar-refractivity contribution >= 4 is 18.1 Å². The van der Waals surface area contributed by atoms with Gasteiger partial charge in [-0.3, -0.25) is 4.98 Å². The largest absolute Gasteiger partial charge is 0.423 e. The summed E-state index contributed by atoms with van der Waals surface area (Å²) in [7, 11) is 0. The van der Waals surface area contributed by atoms with Crippen LogP contribution in [0.1, 0.15) is 18.1 Å². The Morgan fingerprint density at radius 1 is 1.05 bits per heavy atom. The Labute approximate surface area is 118 Å². The van der Waals surface area contributed by atoms with E-state index < -0.39 is 5.97 Å². The average Bonchev–Trinajstić information content (AvgIpc) is 2.47. The number of benzene rings is 1. The lowest BCUT2D eigenvalue weighted by Gasteiger charge is -2.03. The Hall–Kier alpha value is -2.68. The van der Waals surface area contributed by atoms with E-state index in [1.165, 1.54) is 0 Å². The van der Waals surface area contributed by atoms with Gasteiger partial charge in [0.2, 0.25) is 0 Å². The first-order valence-corrected chi connectivity index (χ1v) is 6.21. The summed E-state index contributed by atoms with van der Waals surface area (Å²) in [6.07, 6.45) is 7.48. The third-order valence-electron chi connectivity index (χ3n) is 2.61. The Morgan fingerprint density at radius 2 is 1.60 bits per heavy atom. The lowest BCUT2D eigenvalue weighted by molar-refractivity contribution is -0.130. The van der Waals surface area contributed by atoms with Crippen LogP contribution >= 0.6 is 0 Å². The van der Waals surface area contributed by atoms with Crippen LogP contribution in [0.4, 0.5) is 0 Å². The van der Waals surface area contributed by atoms with Gasteiger partial charge in [0, 0.05) is 18.0 Å². The molecule has 1 aromatic carbocycles. The molecule has 0 aliphatic rings. The topological polar surface area (TPSA) is 39.2 Å². The van der Waals surface area contributed by atoms with Crippen molar-refractivity contribution < 1.29 is 9.53 Å². The fourth-order valence-electron chi connectivity index (χ4n) is 1.51. The van der Waals surface area contributed by atoms with Gasteiger partial charge in [-0.15, -0.1) is 0 Å². The molecule has 0 spiro atoms. The van der Waals surface area contributed by atoms with E-state index in [2.05, 4.69) is 11.6 Å². The van der Waals surface area contributed by atoms with Crippen LogP contribution in [-0.4, -0.2) is 11.0 Å². The molecule has 0 amide bonds. The standard InChI is InChI=1S/C17H15NO2/c1-13(2)17(19)20-16-7-5-14(6-8-16)3-4-15-9-11-18-12-10-15/h3-12H,1H2,2H3/b4-3+. The molecule has 0 bridgehead atoms. The van der Waals surface area contributed by atoms with Crippen LogP contribution < -0.4 is 4.74 Å². The number of nitrogens with zero attached hydrogens (tertiary/aromatic N) is 1. The maximum absolute atomic E-state index is 11.4. The van der Waals surface area contributed by atoms with Crippen molar-refractivity contribution in [3.05, 3.63) is 72.1 Å². The normalized spacial score (nSPS) is 10.4. The number of hydrogen-bond donors (Lipinski definition) is 0. The summed E-state index contributed by atoms with van der Waals surface area (Å²) in [6, 6.07) is 11.1. The highest BCUT2D eigenvalue weighted by atomic mass is 16.5. The molecule has 2 rings (SSSR count). The Morgan fingerprint density at radius 3 is 2.15 bits per heavy atom. The van der Waals surface area contributed by atoms with Crippen LogP contribution in [0.5, 0.6) is 5.75 Å². The summed E-state index contributed by atoms with van der Waals surface area (Å²) in [5.74, 6) is 0.101. The van der Waals surface area contributed by atoms with Crippen molar-refractivity contribution in [1.82, 2.24) is 4.98 Å². The molecule has 0 radical (unpaired) electrons. The second-order valence-corrected chi connectivity index (χ2v) is 4.35. The predicted octanol–water partition coefficient (Wildman–Crippen LogP) is 3.73. The van der Waals surface area contributed by atoms with Gasteiger partial charge in [-0.25, -0.2) is 4.79 Å². The maximum atomic E-state index is 11.4. The summed E-state index contributed by atoms with van der Waals surface area (Å²) in [6.45, 7) is 5.16. The molecule has 0 aliphatic carbocycles. The minimum Gasteiger partial charge on any atom is -0.423 e. The molecule has 1 aromatic heterocycles. The number of aromatic nitrogens is 1. The summed E-state index contributed by atoms with van der Waals surface area (Å²) in [4.78, 5) is 15.3. The second-order valence-electron chi connectivity index (χ2n) is 4.35. The first-order valence-electron chi connectivity index (χ1n) is 6.21. The zero-order chi connectivity index (χ0) is 14.4. The number of ether oxygens (including phenoxy) is 1. The van der Waals surface area contributed by atoms with Crippen LogP contribution in [0.3, 0.4) is 0 Å². The minimum absolute atomic E-state index is 0.381. The Bertz CT molecular complexity index is 628. The molecule has 3 heteroatoms. The van der Waals surface area contributed by atoms with Crippen LogP contribution in [0, 0.1) is 0 Å². The highest BCUT2D eigenvalue weighted by Crippen LogP contribution is 2.15. The van der Waals surface area contributed by atoms with Gasteiger partial charge in [0.1, 0.15) is 5.75 Å². The quantitative estimate of drug-likeness (QED) is 0.480. The van der Waals surface area contributed by atoms with Gasteiger partial charge in [-0.2, -0.15) is 0 Å². The maximum Gasteiger partial charge on any atom is 0.338 e. The van der Waals surface area contributed by atoms with E-state index in [4.69, 9.17) is 4.74 Å². The van der Waals surface area contributed by atoms with Gasteiger partial charge in [0.25, 0.3) is 0 Å². The zero-order valence-electron chi connectivity index (χ0n) is 11.2. The number of carbonyl (C=O) groups is 1. The SMILES string of the molecule is C=C(C)C(=O)Oc1ccc(/C=C/c2ccncc2)cc1. The van der Waals surface area contributed by atoms with E-state index in [1.807, 2.05) is 36.4 Å². The van der Waals surface area contributed by atoms with E-state index in [0.717, 1.165) is 11.1 Å². The van der Waals surface area contributed by atoms with Crippen LogP contribution in [0.15, 0.2) is 60.9 Å². The molecule has 0 saturated heterocycles. The van der Waals surface area contributed by atoms with Crippen molar-refractivity contribution in [3.63, 3.8) is 0 Å². The van der Waals surface area contributed by atoms with Crippen LogP contribution in [0.25, 0.3) is 12.2 Å². The molecule has 1 heterocycles. The lowest BCUT2D eigenvalue weighted by Crippen LogP contribution is -2.07. The number of hydrogen-bond acceptors (Lipinski definition) is 3. The fraction of sp³-hybridized carbons (Fsp3) is 0.0588. The number of esters is 1. The van der Waals surface area contributed by atoms with E-state index in [-0.39, 0.29) is 0 Å². The fourth-order valence-corrected chi connectivity index (χ4v) is 1.51. The minimum atomic E-state index is -0.412. The van der Waals surface area contributed by atoms with Gasteiger partial charge < -0.3 is 4.74 Å². The third-order valence-corrected chi connectivity index (χ3v) is 2.61. The third kappa shape index (κ3) is 3.92. The summed E-state index contributed by atoms with van der Waals surface area (Å²) in [5.41, 5.74) is 2.49. The van der Waals surface area contributed by atoms with Crippen molar-refractivity contribution in [2.24, 2.45) is 0 Å². The zero-order valence-corrected chi connectivity index (χ0v) is 11.2. The van der Waals surface area contributed by atoms with E-state index in [9.17, 15) is 4.79 Å². The molecule has 20 heavy (non-hydrogen) atoms. The summed E-state index contributed by atoms with van der Waals surface area (Å²) in [5, 5.41) is 0. The molecular formula is C17H15NO2. The van der Waals surface area contributed by atoms with Gasteiger partial charge in [0.05, 0.1) is 0 Å². The second kappa shape index (κ2) is 6.48. The molecule has 0 unspecified atom stereocenters. The number of rotatable bonds is 4. The highest BCUT2D eigenvalue weighted by Gasteiger charge is 2.04. The van der Waals surface area contributed by atoms with Crippen molar-refractivity contribution in [3.8, 4) is 5.75 Å². The summed E-state index contributed by atoms with van der Waals surface area (Å²) < 4.78 is 5.12. The van der Waals surface area contributed by atoms with Gasteiger partial charge in [-0.1, -0.05) is 30.9 Å². The summed E-state index contributed by atoms with van der Waals surface area (Å²) >= 11 is 0. The van der Waals surface area contributed by atoms with Crippen molar-refractivity contribution in [1.29, 1.82) is 0 Å². The first-order chi connectivity index (χ1) is 9.65. The Kier molecular flexibility index (Phi) is 4.45. The number of carbonyl (C=O) groups excluding carboxylic acids is 1. The Balaban J connectivity index is 2.03. The molecular weight excluding hydrogens is 250 g/mol. The van der Waals surface area contributed by atoms with Gasteiger partial charge >= 0.3 is 5.97 Å². The van der Waals surface area contributed by atoms with Crippen LogP contribution in [0.2, 0.25) is 0 Å². The molecule has 0 fully saturated rings. The van der Waals surface area contributed by atoms with E-state index >= 15 is 0 Å². The molecule has 0 aliphatic heterocycles. The highest BCUT2D eigenvalue weighted by molar-refractivity contribution is 5.88. The van der Waals surface area contributed by atoms with Gasteiger partial charge in [-0.05, 0) is 42.3 Å². The molecule has 3 nitrogen and oxygen atoms in total. The molecule has 0 atom stereocenters. The smallest absolute Gasteiger partial charge is 0.338 e. The monoisotopic (exact) mass is 265 g/mol. The first kappa shape index (κ1) is 13.7. The van der Waals surface area contributed by atoms with E-state index in [1.54, 1.807) is 31.5 Å².